The van der Waals surface area contributed by atoms with Crippen molar-refractivity contribution in [3.63, 3.8) is 0 Å². The van der Waals surface area contributed by atoms with Crippen LogP contribution in [-0.4, -0.2) is 73.5 Å². The standard InChI is InChI=1S/C28H35AsFN5O2S/c1-28(2,3)37-27(36)35-17-15-34(16-18-35)26-33-23(19-9-11-21(30)12-10-19)24(38-26)22-13-14-31-25(32-22)29-20-7-5-4-6-8-20/h9-14,20,29H,4-8,15-18H2,1-3H3. The Hall–Kier alpha value is -2.51. The van der Waals surface area contributed by atoms with Crippen molar-refractivity contribution in [3.8, 4) is 21.8 Å². The van der Waals surface area contributed by atoms with Gasteiger partial charge in [0.15, 0.2) is 0 Å². The summed E-state index contributed by atoms with van der Waals surface area (Å²) in [7, 11) is 0. The number of ether oxygens (including phenoxy) is 1. The van der Waals surface area contributed by atoms with Crippen molar-refractivity contribution >= 4 is 42.9 Å². The number of halogens is 1. The molecule has 1 saturated heterocycles. The minimum absolute atomic E-state index is 0.272. The number of anilines is 1. The van der Waals surface area contributed by atoms with Gasteiger partial charge in [0, 0.05) is 0 Å². The zero-order valence-electron chi connectivity index (χ0n) is 22.2. The van der Waals surface area contributed by atoms with E-state index in [1.807, 2.05) is 33.0 Å². The summed E-state index contributed by atoms with van der Waals surface area (Å²) in [6, 6.07) is 8.45. The fourth-order valence-corrected chi connectivity index (χ4v) is 8.85. The average molecular weight is 600 g/mol. The van der Waals surface area contributed by atoms with Gasteiger partial charge in [0.1, 0.15) is 5.60 Å². The number of carbonyl (C=O) groups excluding carboxylic acids is 1. The summed E-state index contributed by atoms with van der Waals surface area (Å²) in [5.41, 5.74) is 2.03. The first-order chi connectivity index (χ1) is 18.2. The quantitative estimate of drug-likeness (QED) is 0.372. The molecule has 10 heteroatoms. The van der Waals surface area contributed by atoms with Crippen LogP contribution in [0, 0.1) is 5.82 Å². The van der Waals surface area contributed by atoms with Gasteiger partial charge in [-0.25, -0.2) is 0 Å². The molecule has 1 saturated carbocycles. The number of aromatic nitrogens is 3. The van der Waals surface area contributed by atoms with Crippen molar-refractivity contribution in [2.45, 2.75) is 63.2 Å². The van der Waals surface area contributed by atoms with Gasteiger partial charge < -0.3 is 0 Å². The number of thiazole rings is 1. The van der Waals surface area contributed by atoms with Gasteiger partial charge in [-0.3, -0.25) is 0 Å². The van der Waals surface area contributed by atoms with Crippen LogP contribution in [0.4, 0.5) is 14.3 Å². The first-order valence-corrected chi connectivity index (χ1v) is 16.4. The third kappa shape index (κ3) is 6.73. The van der Waals surface area contributed by atoms with Crippen LogP contribution in [0.5, 0.6) is 0 Å². The Kier molecular flexibility index (Phi) is 8.34. The van der Waals surface area contributed by atoms with Gasteiger partial charge >= 0.3 is 209 Å². The molecule has 3 heterocycles. The molecule has 5 rings (SSSR count). The van der Waals surface area contributed by atoms with Gasteiger partial charge in [0.25, 0.3) is 0 Å². The van der Waals surface area contributed by atoms with E-state index >= 15 is 0 Å². The molecule has 2 fully saturated rings. The molecular weight excluding hydrogens is 564 g/mol. The van der Waals surface area contributed by atoms with Crippen molar-refractivity contribution in [3.05, 3.63) is 42.3 Å². The summed E-state index contributed by atoms with van der Waals surface area (Å²) in [6.07, 6.45) is 8.18. The molecule has 0 bridgehead atoms. The van der Waals surface area contributed by atoms with E-state index in [0.717, 1.165) is 36.3 Å². The van der Waals surface area contributed by atoms with Gasteiger partial charge in [-0.15, -0.1) is 0 Å². The van der Waals surface area contributed by atoms with E-state index in [1.165, 1.54) is 44.2 Å². The summed E-state index contributed by atoms with van der Waals surface area (Å²) in [4.78, 5) is 32.1. The normalized spacial score (nSPS) is 17.4. The van der Waals surface area contributed by atoms with Gasteiger partial charge in [-0.2, -0.15) is 0 Å². The van der Waals surface area contributed by atoms with Crippen LogP contribution in [0.25, 0.3) is 21.8 Å². The minimum atomic E-state index is -0.515. The fourth-order valence-electron chi connectivity index (χ4n) is 4.81. The summed E-state index contributed by atoms with van der Waals surface area (Å²) in [5.74, 6) is -0.272. The van der Waals surface area contributed by atoms with Gasteiger partial charge in [-0.1, -0.05) is 0 Å². The predicted octanol–water partition coefficient (Wildman–Crippen LogP) is 5.28. The molecule has 0 N–H and O–H groups in total. The molecule has 7 nitrogen and oxygen atoms in total. The number of benzene rings is 1. The molecule has 38 heavy (non-hydrogen) atoms. The fraction of sp³-hybridized carbons (Fsp3) is 0.500. The molecule has 1 amide bonds. The van der Waals surface area contributed by atoms with E-state index < -0.39 is 21.4 Å². The number of nitrogens with zero attached hydrogens (tertiary/aromatic N) is 5. The van der Waals surface area contributed by atoms with Gasteiger partial charge in [-0.05, 0) is 20.8 Å². The molecule has 1 unspecified atom stereocenters. The SMILES string of the molecule is CC(C)(C)OC(=O)N1CCN(c2nc(-c3ccc(F)cc3)c(-c3ccnc([AsH]C4CCCCC4)n3)s2)CC1. The Labute approximate surface area is 234 Å². The molecule has 202 valence electrons. The number of hydrogen-bond donors (Lipinski definition) is 0. The second-order valence-corrected chi connectivity index (χ2v) is 15.1. The second kappa shape index (κ2) is 11.7. The van der Waals surface area contributed by atoms with Crippen molar-refractivity contribution in [1.29, 1.82) is 0 Å². The topological polar surface area (TPSA) is 71.5 Å². The molecule has 1 atom stereocenters. The van der Waals surface area contributed by atoms with Crippen LogP contribution >= 0.6 is 11.3 Å². The molecule has 1 aromatic carbocycles. The van der Waals surface area contributed by atoms with Crippen LogP contribution in [0.3, 0.4) is 0 Å². The third-order valence-corrected chi connectivity index (χ3v) is 11.0. The maximum atomic E-state index is 13.7. The number of rotatable bonds is 5. The van der Waals surface area contributed by atoms with E-state index in [0.29, 0.717) is 26.2 Å². The Morgan fingerprint density at radius 3 is 2.42 bits per heavy atom. The van der Waals surface area contributed by atoms with E-state index in [2.05, 4.69) is 9.88 Å². The Bertz CT molecular complexity index is 1250. The monoisotopic (exact) mass is 599 g/mol. The molecule has 2 aliphatic rings. The van der Waals surface area contributed by atoms with Crippen molar-refractivity contribution in [2.24, 2.45) is 0 Å². The van der Waals surface area contributed by atoms with Crippen molar-refractivity contribution in [1.82, 2.24) is 19.9 Å². The number of amides is 1. The Morgan fingerprint density at radius 2 is 1.74 bits per heavy atom. The molecule has 2 aromatic heterocycles. The summed E-state index contributed by atoms with van der Waals surface area (Å²) < 4.78 is 21.0. The number of hydrogen-bond acceptors (Lipinski definition) is 7. The van der Waals surface area contributed by atoms with Crippen LogP contribution < -0.4 is 9.51 Å². The van der Waals surface area contributed by atoms with Gasteiger partial charge in [0.05, 0.1) is 0 Å². The summed E-state index contributed by atoms with van der Waals surface area (Å²) in [6.45, 7) is 8.11. The maximum absolute atomic E-state index is 13.7. The Balaban J connectivity index is 1.39. The molecule has 0 spiro atoms. The zero-order valence-corrected chi connectivity index (χ0v) is 25.2. The molecule has 1 aliphatic heterocycles. The van der Waals surface area contributed by atoms with Crippen LogP contribution in [-0.2, 0) is 4.74 Å². The number of piperazine rings is 1. The van der Waals surface area contributed by atoms with E-state index in [-0.39, 0.29) is 11.9 Å². The third-order valence-electron chi connectivity index (χ3n) is 6.76. The molecular formula is C28H35AsFN5O2S. The molecule has 3 aromatic rings. The zero-order chi connectivity index (χ0) is 26.7. The van der Waals surface area contributed by atoms with Gasteiger partial charge in [0.2, 0.25) is 0 Å². The molecule has 0 radical (unpaired) electrons. The Morgan fingerprint density at radius 1 is 1.03 bits per heavy atom. The first kappa shape index (κ1) is 27.1. The summed E-state index contributed by atoms with van der Waals surface area (Å²) in [5, 5.41) is 0.881. The second-order valence-electron chi connectivity index (χ2n) is 10.9. The van der Waals surface area contributed by atoms with Crippen LogP contribution in [0.1, 0.15) is 52.9 Å². The van der Waals surface area contributed by atoms with E-state index in [1.54, 1.807) is 28.4 Å². The van der Waals surface area contributed by atoms with Crippen LogP contribution in [0.2, 0.25) is 4.71 Å². The van der Waals surface area contributed by atoms with E-state index in [9.17, 15) is 9.18 Å². The molecule has 1 aliphatic carbocycles. The number of carbonyl (C=O) groups is 1. The summed E-state index contributed by atoms with van der Waals surface area (Å²) >= 11 is 1.20. The predicted molar refractivity (Wildman–Crippen MR) is 152 cm³/mol. The van der Waals surface area contributed by atoms with Crippen LogP contribution in [0.15, 0.2) is 36.5 Å². The average Bonchev–Trinajstić information content (AvgIpc) is 3.35. The van der Waals surface area contributed by atoms with Crippen molar-refractivity contribution in [2.75, 3.05) is 31.1 Å². The van der Waals surface area contributed by atoms with E-state index in [4.69, 9.17) is 14.7 Å². The van der Waals surface area contributed by atoms with Crippen molar-refractivity contribution < 1.29 is 13.9 Å². The first-order valence-electron chi connectivity index (χ1n) is 13.3.